The van der Waals surface area contributed by atoms with Crippen molar-refractivity contribution in [3.63, 3.8) is 0 Å². The van der Waals surface area contributed by atoms with Crippen LogP contribution in [-0.4, -0.2) is 16.6 Å². The molecule has 2 aromatic rings. The topological polar surface area (TPSA) is 47.0 Å². The summed E-state index contributed by atoms with van der Waals surface area (Å²) in [6, 6.07) is 7.21. The van der Waals surface area contributed by atoms with Crippen molar-refractivity contribution in [1.29, 1.82) is 0 Å². The Morgan fingerprint density at radius 1 is 1.38 bits per heavy atom. The molecule has 0 bridgehead atoms. The van der Waals surface area contributed by atoms with E-state index < -0.39 is 0 Å². The number of nitrogens with zero attached hydrogens (tertiary/aromatic N) is 2. The Hall–Kier alpha value is -1.33. The van der Waals surface area contributed by atoms with E-state index in [9.17, 15) is 0 Å². The lowest BCUT2D eigenvalue weighted by atomic mass is 10.3. The highest BCUT2D eigenvalue weighted by Gasteiger charge is 2.06. The molecule has 0 aliphatic rings. The minimum absolute atomic E-state index is 0.397. The van der Waals surface area contributed by atoms with Crippen LogP contribution in [0.25, 0.3) is 0 Å². The zero-order valence-electron chi connectivity index (χ0n) is 8.61. The van der Waals surface area contributed by atoms with E-state index in [0.717, 1.165) is 16.4 Å². The summed E-state index contributed by atoms with van der Waals surface area (Å²) in [5, 5.41) is 8.61. The lowest BCUT2D eigenvalue weighted by molar-refractivity contribution is 0.302. The molecule has 0 unspecified atom stereocenters. The molecular weight excluding hydrogens is 246 g/mol. The maximum absolute atomic E-state index is 5.77. The van der Waals surface area contributed by atoms with E-state index in [0.29, 0.717) is 11.6 Å². The summed E-state index contributed by atoms with van der Waals surface area (Å²) in [7, 11) is 1.83. The van der Waals surface area contributed by atoms with Crippen LogP contribution in [0.1, 0.15) is 5.69 Å². The van der Waals surface area contributed by atoms with Gasteiger partial charge in [0.05, 0.1) is 0 Å². The van der Waals surface area contributed by atoms with Crippen LogP contribution in [0.15, 0.2) is 24.3 Å². The Balaban J connectivity index is 1.99. The van der Waals surface area contributed by atoms with Gasteiger partial charge in [-0.05, 0) is 24.3 Å². The summed E-state index contributed by atoms with van der Waals surface area (Å²) in [6.45, 7) is 0.397. The number of aromatic nitrogens is 2. The summed E-state index contributed by atoms with van der Waals surface area (Å²) in [5.41, 5.74) is 0.808. The van der Waals surface area contributed by atoms with E-state index in [1.807, 2.05) is 19.2 Å². The molecule has 1 N–H and O–H groups in total. The van der Waals surface area contributed by atoms with Gasteiger partial charge in [-0.15, -0.1) is 5.10 Å². The molecule has 0 saturated carbocycles. The van der Waals surface area contributed by atoms with Gasteiger partial charge in [0.25, 0.3) is 0 Å². The Kier molecular flexibility index (Phi) is 3.58. The van der Waals surface area contributed by atoms with E-state index >= 15 is 0 Å². The quantitative estimate of drug-likeness (QED) is 0.913. The molecule has 0 atom stereocenters. The van der Waals surface area contributed by atoms with E-state index in [-0.39, 0.29) is 0 Å². The van der Waals surface area contributed by atoms with Crippen molar-refractivity contribution in [2.45, 2.75) is 6.61 Å². The van der Waals surface area contributed by atoms with Gasteiger partial charge in [0.1, 0.15) is 23.1 Å². The van der Waals surface area contributed by atoms with Gasteiger partial charge in [-0.1, -0.05) is 16.1 Å². The molecule has 1 aromatic heterocycles. The van der Waals surface area contributed by atoms with Crippen molar-refractivity contribution >= 4 is 28.1 Å². The van der Waals surface area contributed by atoms with Gasteiger partial charge in [-0.3, -0.25) is 0 Å². The van der Waals surface area contributed by atoms with Crippen LogP contribution >= 0.6 is 23.1 Å². The Morgan fingerprint density at radius 2 is 2.12 bits per heavy atom. The number of rotatable bonds is 4. The zero-order chi connectivity index (χ0) is 11.4. The number of halogens is 1. The monoisotopic (exact) mass is 255 g/mol. The normalized spacial score (nSPS) is 10.1. The van der Waals surface area contributed by atoms with Crippen LogP contribution < -0.4 is 10.1 Å². The van der Waals surface area contributed by atoms with Crippen molar-refractivity contribution in [3.8, 4) is 5.75 Å². The van der Waals surface area contributed by atoms with Gasteiger partial charge in [-0.25, -0.2) is 0 Å². The molecule has 0 amide bonds. The Labute approximate surface area is 102 Å². The van der Waals surface area contributed by atoms with Crippen LogP contribution in [0.2, 0.25) is 5.02 Å². The average Bonchev–Trinajstić information content (AvgIpc) is 2.76. The van der Waals surface area contributed by atoms with Gasteiger partial charge >= 0.3 is 0 Å². The van der Waals surface area contributed by atoms with Crippen LogP contribution in [0.3, 0.4) is 0 Å². The number of nitrogens with one attached hydrogen (secondary N) is 1. The average molecular weight is 256 g/mol. The molecular formula is C10H10ClN3OS. The third kappa shape index (κ3) is 2.62. The fourth-order valence-corrected chi connectivity index (χ4v) is 1.82. The number of hydrogen-bond donors (Lipinski definition) is 1. The molecule has 0 aliphatic carbocycles. The summed E-state index contributed by atoms with van der Waals surface area (Å²) < 4.78 is 9.40. The second-order valence-electron chi connectivity index (χ2n) is 3.04. The van der Waals surface area contributed by atoms with Gasteiger partial charge in [0.2, 0.25) is 0 Å². The summed E-state index contributed by atoms with van der Waals surface area (Å²) in [5.74, 6) is 0.763. The van der Waals surface area contributed by atoms with Gasteiger partial charge in [-0.2, -0.15) is 0 Å². The van der Waals surface area contributed by atoms with Gasteiger partial charge < -0.3 is 10.1 Å². The molecule has 1 heterocycles. The first-order valence-corrected chi connectivity index (χ1v) is 5.82. The summed E-state index contributed by atoms with van der Waals surface area (Å²) in [6.07, 6.45) is 0. The van der Waals surface area contributed by atoms with Crippen LogP contribution in [0, 0.1) is 0 Å². The van der Waals surface area contributed by atoms with Crippen molar-refractivity contribution in [2.75, 3.05) is 12.4 Å². The fourth-order valence-electron chi connectivity index (χ4n) is 1.18. The second-order valence-corrected chi connectivity index (χ2v) is 4.23. The molecule has 84 valence electrons. The molecule has 6 heteroatoms. The molecule has 16 heavy (non-hydrogen) atoms. The molecule has 0 radical (unpaired) electrons. The van der Waals surface area contributed by atoms with Crippen molar-refractivity contribution in [3.05, 3.63) is 35.0 Å². The van der Waals surface area contributed by atoms with E-state index in [1.165, 1.54) is 11.5 Å². The van der Waals surface area contributed by atoms with Crippen LogP contribution in [-0.2, 0) is 6.61 Å². The van der Waals surface area contributed by atoms with E-state index in [1.54, 1.807) is 12.1 Å². The summed E-state index contributed by atoms with van der Waals surface area (Å²) in [4.78, 5) is 0. The van der Waals surface area contributed by atoms with Crippen molar-refractivity contribution in [2.24, 2.45) is 0 Å². The molecule has 0 aliphatic heterocycles. The zero-order valence-corrected chi connectivity index (χ0v) is 10.2. The molecule has 0 fully saturated rings. The van der Waals surface area contributed by atoms with Crippen molar-refractivity contribution in [1.82, 2.24) is 9.59 Å². The molecule has 0 spiro atoms. The van der Waals surface area contributed by atoms with Crippen LogP contribution in [0.4, 0.5) is 5.00 Å². The first kappa shape index (κ1) is 11.2. The predicted molar refractivity (Wildman–Crippen MR) is 65.2 cm³/mol. The minimum Gasteiger partial charge on any atom is -0.487 e. The SMILES string of the molecule is CNc1snnc1COc1ccc(Cl)cc1. The maximum Gasteiger partial charge on any atom is 0.136 e. The second kappa shape index (κ2) is 5.14. The minimum atomic E-state index is 0.397. The maximum atomic E-state index is 5.77. The highest BCUT2D eigenvalue weighted by atomic mass is 35.5. The Morgan fingerprint density at radius 3 is 2.81 bits per heavy atom. The van der Waals surface area contributed by atoms with Gasteiger partial charge in [0, 0.05) is 23.6 Å². The van der Waals surface area contributed by atoms with Crippen LogP contribution in [0.5, 0.6) is 5.75 Å². The Bertz CT molecular complexity index is 457. The standard InChI is InChI=1S/C10H10ClN3OS/c1-12-10-9(13-14-16-10)6-15-8-4-2-7(11)3-5-8/h2-5,12H,6H2,1H3. The predicted octanol–water partition coefficient (Wildman–Crippen LogP) is 2.81. The van der Waals surface area contributed by atoms with Gasteiger partial charge in [0.15, 0.2) is 0 Å². The third-order valence-corrected chi connectivity index (χ3v) is 3.01. The molecule has 4 nitrogen and oxygen atoms in total. The number of benzene rings is 1. The lowest BCUT2D eigenvalue weighted by Crippen LogP contribution is -1.99. The van der Waals surface area contributed by atoms with Crippen molar-refractivity contribution < 1.29 is 4.74 Å². The highest BCUT2D eigenvalue weighted by molar-refractivity contribution is 7.10. The molecule has 1 aromatic carbocycles. The van der Waals surface area contributed by atoms with E-state index in [2.05, 4.69) is 14.9 Å². The smallest absolute Gasteiger partial charge is 0.136 e. The molecule has 0 saturated heterocycles. The largest absolute Gasteiger partial charge is 0.487 e. The fraction of sp³-hybridized carbons (Fsp3) is 0.200. The lowest BCUT2D eigenvalue weighted by Gasteiger charge is -2.04. The number of ether oxygens (including phenoxy) is 1. The number of anilines is 1. The first-order valence-electron chi connectivity index (χ1n) is 4.67. The molecule has 2 rings (SSSR count). The number of hydrogen-bond acceptors (Lipinski definition) is 5. The first-order chi connectivity index (χ1) is 7.79. The summed E-state index contributed by atoms with van der Waals surface area (Å²) >= 11 is 7.09. The van der Waals surface area contributed by atoms with E-state index in [4.69, 9.17) is 16.3 Å². The third-order valence-electron chi connectivity index (χ3n) is 1.97. The highest BCUT2D eigenvalue weighted by Crippen LogP contribution is 2.20.